The molecule has 4 rings (SSSR count). The number of para-hydroxylation sites is 1. The second kappa shape index (κ2) is 4.82. The zero-order valence-electron chi connectivity index (χ0n) is 11.9. The standard InChI is InChI=1S/C17H12N2O3S/c20-17-13-8-4-7-12-15(10-9-14(18-17)16(12)13)23(21,22)19-11-5-2-1-3-6-11/h1-10,19H,(H,18,20). The van der Waals surface area contributed by atoms with Crippen LogP contribution >= 0.6 is 0 Å². The molecule has 114 valence electrons. The van der Waals surface area contributed by atoms with Crippen molar-refractivity contribution < 1.29 is 13.2 Å². The van der Waals surface area contributed by atoms with Gasteiger partial charge in [-0.05, 0) is 30.3 Å². The van der Waals surface area contributed by atoms with Crippen LogP contribution in [0, 0.1) is 0 Å². The summed E-state index contributed by atoms with van der Waals surface area (Å²) in [5.41, 5.74) is 1.62. The molecule has 1 amide bonds. The third-order valence-electron chi connectivity index (χ3n) is 3.81. The van der Waals surface area contributed by atoms with Gasteiger partial charge in [0.15, 0.2) is 0 Å². The van der Waals surface area contributed by atoms with Gasteiger partial charge in [-0.25, -0.2) is 8.42 Å². The van der Waals surface area contributed by atoms with Gasteiger partial charge < -0.3 is 5.32 Å². The molecule has 0 bridgehead atoms. The molecule has 2 N–H and O–H groups in total. The van der Waals surface area contributed by atoms with Crippen LogP contribution in [0.25, 0.3) is 10.8 Å². The lowest BCUT2D eigenvalue weighted by Crippen LogP contribution is -2.13. The number of anilines is 2. The van der Waals surface area contributed by atoms with Crippen LogP contribution in [-0.4, -0.2) is 14.3 Å². The fourth-order valence-corrected chi connectivity index (χ4v) is 4.08. The molecule has 3 aromatic carbocycles. The average molecular weight is 324 g/mol. The highest BCUT2D eigenvalue weighted by molar-refractivity contribution is 7.93. The summed E-state index contributed by atoms with van der Waals surface area (Å²) in [4.78, 5) is 12.1. The van der Waals surface area contributed by atoms with E-state index in [9.17, 15) is 13.2 Å². The number of benzene rings is 3. The molecule has 5 nitrogen and oxygen atoms in total. The normalized spacial score (nSPS) is 13.1. The first-order valence-corrected chi connectivity index (χ1v) is 8.49. The Kier molecular flexibility index (Phi) is 2.89. The fourth-order valence-electron chi connectivity index (χ4n) is 2.81. The first-order valence-electron chi connectivity index (χ1n) is 7.01. The van der Waals surface area contributed by atoms with Crippen molar-refractivity contribution in [2.24, 2.45) is 0 Å². The topological polar surface area (TPSA) is 75.3 Å². The molecule has 1 aliphatic heterocycles. The lowest BCUT2D eigenvalue weighted by Gasteiger charge is -2.11. The Morgan fingerprint density at radius 1 is 0.870 bits per heavy atom. The number of rotatable bonds is 3. The Hall–Kier alpha value is -2.86. The molecule has 0 unspecified atom stereocenters. The van der Waals surface area contributed by atoms with E-state index >= 15 is 0 Å². The Morgan fingerprint density at radius 3 is 2.43 bits per heavy atom. The van der Waals surface area contributed by atoms with Crippen LogP contribution in [0.15, 0.2) is 65.6 Å². The highest BCUT2D eigenvalue weighted by atomic mass is 32.2. The number of hydrogen-bond donors (Lipinski definition) is 2. The van der Waals surface area contributed by atoms with E-state index in [0.717, 1.165) is 0 Å². The summed E-state index contributed by atoms with van der Waals surface area (Å²) in [6.07, 6.45) is 0. The maximum Gasteiger partial charge on any atom is 0.262 e. The van der Waals surface area contributed by atoms with Gasteiger partial charge in [0.1, 0.15) is 0 Å². The minimum absolute atomic E-state index is 0.151. The predicted molar refractivity (Wildman–Crippen MR) is 89.2 cm³/mol. The van der Waals surface area contributed by atoms with E-state index in [-0.39, 0.29) is 10.8 Å². The first-order chi connectivity index (χ1) is 11.1. The van der Waals surface area contributed by atoms with E-state index in [1.165, 1.54) is 6.07 Å². The average Bonchev–Trinajstić information content (AvgIpc) is 2.86. The van der Waals surface area contributed by atoms with Crippen molar-refractivity contribution >= 4 is 38.1 Å². The number of hydrogen-bond acceptors (Lipinski definition) is 3. The molecule has 0 atom stereocenters. The molecular weight excluding hydrogens is 312 g/mol. The number of carbonyl (C=O) groups is 1. The number of sulfonamides is 1. The third kappa shape index (κ3) is 2.15. The van der Waals surface area contributed by atoms with Gasteiger partial charge in [0.2, 0.25) is 0 Å². The number of nitrogens with one attached hydrogen (secondary N) is 2. The van der Waals surface area contributed by atoms with Crippen molar-refractivity contribution in [2.45, 2.75) is 4.90 Å². The van der Waals surface area contributed by atoms with Gasteiger partial charge in [-0.15, -0.1) is 0 Å². The van der Waals surface area contributed by atoms with E-state index in [1.54, 1.807) is 48.5 Å². The van der Waals surface area contributed by atoms with Crippen LogP contribution in [0.4, 0.5) is 11.4 Å². The molecule has 1 aliphatic rings. The van der Waals surface area contributed by atoms with Crippen molar-refractivity contribution in [3.8, 4) is 0 Å². The fraction of sp³-hybridized carbons (Fsp3) is 0. The summed E-state index contributed by atoms with van der Waals surface area (Å²) in [6, 6.07) is 16.9. The second-order valence-corrected chi connectivity index (χ2v) is 6.92. The van der Waals surface area contributed by atoms with Crippen LogP contribution in [0.5, 0.6) is 0 Å². The summed E-state index contributed by atoms with van der Waals surface area (Å²) in [5, 5.41) is 3.92. The summed E-state index contributed by atoms with van der Waals surface area (Å²) in [6.45, 7) is 0. The highest BCUT2D eigenvalue weighted by Crippen LogP contribution is 2.36. The van der Waals surface area contributed by atoms with Crippen molar-refractivity contribution in [1.82, 2.24) is 0 Å². The van der Waals surface area contributed by atoms with Gasteiger partial charge in [0.25, 0.3) is 15.9 Å². The maximum absolute atomic E-state index is 12.7. The van der Waals surface area contributed by atoms with Gasteiger partial charge in [-0.2, -0.15) is 0 Å². The minimum Gasteiger partial charge on any atom is -0.321 e. The summed E-state index contributed by atoms with van der Waals surface area (Å²) in [5.74, 6) is -0.212. The predicted octanol–water partition coefficient (Wildman–Crippen LogP) is 3.21. The molecule has 0 spiro atoms. The van der Waals surface area contributed by atoms with Crippen LogP contribution in [-0.2, 0) is 10.0 Å². The molecule has 6 heteroatoms. The quantitative estimate of drug-likeness (QED) is 0.777. The summed E-state index contributed by atoms with van der Waals surface area (Å²) < 4.78 is 28.0. The molecule has 0 aliphatic carbocycles. The highest BCUT2D eigenvalue weighted by Gasteiger charge is 2.26. The molecule has 0 radical (unpaired) electrons. The number of amides is 1. The van der Waals surface area contributed by atoms with E-state index in [2.05, 4.69) is 10.0 Å². The Balaban J connectivity index is 1.90. The van der Waals surface area contributed by atoms with Gasteiger partial charge in [-0.3, -0.25) is 9.52 Å². The van der Waals surface area contributed by atoms with Crippen LogP contribution in [0.1, 0.15) is 10.4 Å². The van der Waals surface area contributed by atoms with Gasteiger partial charge >= 0.3 is 0 Å². The first kappa shape index (κ1) is 13.8. The van der Waals surface area contributed by atoms with E-state index < -0.39 is 10.0 Å². The van der Waals surface area contributed by atoms with E-state index in [4.69, 9.17) is 0 Å². The van der Waals surface area contributed by atoms with Gasteiger partial charge in [0.05, 0.1) is 4.90 Å². The van der Waals surface area contributed by atoms with Crippen molar-refractivity contribution in [3.63, 3.8) is 0 Å². The third-order valence-corrected chi connectivity index (χ3v) is 5.25. The molecule has 23 heavy (non-hydrogen) atoms. The molecule has 0 saturated carbocycles. The zero-order chi connectivity index (χ0) is 16.0. The van der Waals surface area contributed by atoms with Crippen LogP contribution in [0.3, 0.4) is 0 Å². The summed E-state index contributed by atoms with van der Waals surface area (Å²) in [7, 11) is -3.75. The number of carbonyl (C=O) groups excluding carboxylic acids is 1. The molecule has 0 fully saturated rings. The Morgan fingerprint density at radius 2 is 1.65 bits per heavy atom. The smallest absolute Gasteiger partial charge is 0.262 e. The van der Waals surface area contributed by atoms with E-state index in [0.29, 0.717) is 27.7 Å². The van der Waals surface area contributed by atoms with Crippen molar-refractivity contribution in [1.29, 1.82) is 0 Å². The zero-order valence-corrected chi connectivity index (χ0v) is 12.7. The van der Waals surface area contributed by atoms with Crippen molar-refractivity contribution in [3.05, 3.63) is 66.2 Å². The van der Waals surface area contributed by atoms with Gasteiger partial charge in [-0.1, -0.05) is 30.3 Å². The second-order valence-electron chi connectivity index (χ2n) is 5.27. The molecule has 0 aromatic heterocycles. The lowest BCUT2D eigenvalue weighted by atomic mass is 10.1. The van der Waals surface area contributed by atoms with Gasteiger partial charge in [0, 0.05) is 27.7 Å². The minimum atomic E-state index is -3.75. The van der Waals surface area contributed by atoms with Crippen molar-refractivity contribution in [2.75, 3.05) is 10.0 Å². The van der Waals surface area contributed by atoms with E-state index in [1.807, 2.05) is 6.07 Å². The van der Waals surface area contributed by atoms with Crippen LogP contribution in [0.2, 0.25) is 0 Å². The lowest BCUT2D eigenvalue weighted by molar-refractivity contribution is 0.103. The Bertz CT molecular complexity index is 1040. The molecule has 3 aromatic rings. The molecule has 0 saturated heterocycles. The molecular formula is C17H12N2O3S. The SMILES string of the molecule is O=C1Nc2ccc(S(=O)(=O)Nc3ccccc3)c3cccc1c23. The van der Waals surface area contributed by atoms with Crippen LogP contribution < -0.4 is 10.0 Å². The largest absolute Gasteiger partial charge is 0.321 e. The summed E-state index contributed by atoms with van der Waals surface area (Å²) >= 11 is 0. The molecule has 1 heterocycles. The Labute approximate surface area is 133 Å². The monoisotopic (exact) mass is 324 g/mol. The maximum atomic E-state index is 12.7.